The Kier molecular flexibility index (Phi) is 4.37. The molecule has 0 saturated carbocycles. The number of fused-ring (bicyclic) bond motifs is 1. The lowest BCUT2D eigenvalue weighted by molar-refractivity contribution is -0.134. The second-order valence-electron chi connectivity index (χ2n) is 6.57. The molecule has 6 heteroatoms. The molecule has 2 atom stereocenters. The number of aryl methyl sites for hydroxylation is 2. The molecule has 0 bridgehead atoms. The summed E-state index contributed by atoms with van der Waals surface area (Å²) in [6.45, 7) is 4.06. The van der Waals surface area contributed by atoms with Crippen molar-refractivity contribution >= 4 is 40.2 Å². The summed E-state index contributed by atoms with van der Waals surface area (Å²) in [5.74, 6) is 0.145. The number of benzene rings is 2. The van der Waals surface area contributed by atoms with Crippen molar-refractivity contribution in [2.45, 2.75) is 25.9 Å². The Morgan fingerprint density at radius 2 is 1.73 bits per heavy atom. The van der Waals surface area contributed by atoms with E-state index in [0.717, 1.165) is 16.7 Å². The number of hydrogen-bond acceptors (Lipinski definition) is 4. The van der Waals surface area contributed by atoms with Gasteiger partial charge in [0, 0.05) is 5.02 Å². The molecule has 0 radical (unpaired) electrons. The summed E-state index contributed by atoms with van der Waals surface area (Å²) in [6, 6.07) is 11.8. The Hall–Kier alpha value is -2.11. The van der Waals surface area contributed by atoms with Gasteiger partial charge in [0.2, 0.25) is 5.91 Å². The molecular formula is C20H17ClN2O2S. The van der Waals surface area contributed by atoms with Crippen LogP contribution in [0.4, 0.5) is 0 Å². The SMILES string of the molecule is Cc1ccc(C2N=C3SCC(=O)N3C(c3ccc(Cl)cc3)C2=O)cc1C. The zero-order chi connectivity index (χ0) is 18.4. The van der Waals surface area contributed by atoms with Gasteiger partial charge in [-0.3, -0.25) is 14.5 Å². The van der Waals surface area contributed by atoms with E-state index >= 15 is 0 Å². The predicted molar refractivity (Wildman–Crippen MR) is 105 cm³/mol. The number of amides is 1. The fourth-order valence-corrected chi connectivity index (χ4v) is 4.35. The maximum atomic E-state index is 13.4. The third kappa shape index (κ3) is 2.85. The first-order chi connectivity index (χ1) is 12.5. The summed E-state index contributed by atoms with van der Waals surface area (Å²) in [7, 11) is 0. The van der Waals surface area contributed by atoms with Gasteiger partial charge in [0.25, 0.3) is 0 Å². The molecule has 0 aromatic heterocycles. The van der Waals surface area contributed by atoms with Gasteiger partial charge < -0.3 is 0 Å². The minimum Gasteiger partial charge on any atom is -0.294 e. The minimum atomic E-state index is -0.658. The van der Waals surface area contributed by atoms with E-state index in [9.17, 15) is 9.59 Å². The van der Waals surface area contributed by atoms with Gasteiger partial charge in [-0.1, -0.05) is 53.7 Å². The van der Waals surface area contributed by atoms with E-state index in [1.54, 1.807) is 12.1 Å². The van der Waals surface area contributed by atoms with Crippen LogP contribution >= 0.6 is 23.4 Å². The molecule has 1 saturated heterocycles. The number of aliphatic imine (C=N–C) groups is 1. The lowest BCUT2D eigenvalue weighted by Gasteiger charge is -2.33. The molecule has 2 unspecified atom stereocenters. The van der Waals surface area contributed by atoms with Crippen molar-refractivity contribution in [1.29, 1.82) is 0 Å². The molecule has 26 heavy (non-hydrogen) atoms. The van der Waals surface area contributed by atoms with Crippen LogP contribution in [-0.4, -0.2) is 27.5 Å². The summed E-state index contributed by atoms with van der Waals surface area (Å²) >= 11 is 7.38. The second kappa shape index (κ2) is 6.56. The number of carbonyl (C=O) groups excluding carboxylic acids is 2. The fraction of sp³-hybridized carbons (Fsp3) is 0.250. The van der Waals surface area contributed by atoms with Crippen molar-refractivity contribution in [2.75, 3.05) is 5.75 Å². The third-order valence-corrected chi connectivity index (χ3v) is 6.07. The summed E-state index contributed by atoms with van der Waals surface area (Å²) in [5, 5.41) is 1.22. The van der Waals surface area contributed by atoms with Crippen molar-refractivity contribution in [3.63, 3.8) is 0 Å². The highest BCUT2D eigenvalue weighted by Gasteiger charge is 2.45. The average molecular weight is 385 g/mol. The van der Waals surface area contributed by atoms with Gasteiger partial charge in [-0.15, -0.1) is 0 Å². The van der Waals surface area contributed by atoms with Gasteiger partial charge in [0.05, 0.1) is 5.75 Å². The number of carbonyl (C=O) groups is 2. The molecule has 1 amide bonds. The minimum absolute atomic E-state index is 0.0828. The molecule has 4 nitrogen and oxygen atoms in total. The van der Waals surface area contributed by atoms with Crippen LogP contribution in [-0.2, 0) is 9.59 Å². The van der Waals surface area contributed by atoms with Crippen LogP contribution in [0, 0.1) is 13.8 Å². The Labute approximate surface area is 161 Å². The zero-order valence-corrected chi connectivity index (χ0v) is 16.0. The number of nitrogens with zero attached hydrogens (tertiary/aromatic N) is 2. The molecular weight excluding hydrogens is 368 g/mol. The molecule has 0 N–H and O–H groups in total. The van der Waals surface area contributed by atoms with Gasteiger partial charge in [-0.2, -0.15) is 0 Å². The highest BCUT2D eigenvalue weighted by Crippen LogP contribution is 2.41. The fourth-order valence-electron chi connectivity index (χ4n) is 3.31. The molecule has 0 spiro atoms. The lowest BCUT2D eigenvalue weighted by atomic mass is 9.90. The van der Waals surface area contributed by atoms with E-state index in [-0.39, 0.29) is 11.7 Å². The monoisotopic (exact) mass is 384 g/mol. The summed E-state index contributed by atoms with van der Waals surface area (Å²) in [6.07, 6.45) is 0. The number of thioether (sulfide) groups is 1. The van der Waals surface area contributed by atoms with Crippen LogP contribution in [0.15, 0.2) is 47.5 Å². The molecule has 132 valence electrons. The molecule has 2 aliphatic heterocycles. The van der Waals surface area contributed by atoms with E-state index in [0.29, 0.717) is 15.9 Å². The number of Topliss-reactive ketones (excluding diaryl/α,β-unsaturated/α-hetero) is 1. The highest BCUT2D eigenvalue weighted by molar-refractivity contribution is 8.15. The van der Waals surface area contributed by atoms with Crippen molar-refractivity contribution in [2.24, 2.45) is 4.99 Å². The third-order valence-electron chi connectivity index (χ3n) is 4.87. The summed E-state index contributed by atoms with van der Waals surface area (Å²) in [5.41, 5.74) is 3.92. The van der Waals surface area contributed by atoms with Crippen molar-refractivity contribution < 1.29 is 9.59 Å². The van der Waals surface area contributed by atoms with Crippen molar-refractivity contribution in [3.05, 3.63) is 69.7 Å². The Bertz CT molecular complexity index is 939. The normalized spacial score (nSPS) is 22.4. The van der Waals surface area contributed by atoms with E-state index in [1.165, 1.54) is 22.2 Å². The standard InChI is InChI=1S/C20H17ClN2O2S/c1-11-3-4-14(9-12(11)2)17-19(25)18(13-5-7-15(21)8-6-13)23-16(24)10-26-20(23)22-17/h3-9,17-18H,10H2,1-2H3. The largest absolute Gasteiger partial charge is 0.294 e. The predicted octanol–water partition coefficient (Wildman–Crippen LogP) is 4.25. The number of rotatable bonds is 2. The summed E-state index contributed by atoms with van der Waals surface area (Å²) < 4.78 is 0. The Morgan fingerprint density at radius 1 is 1.04 bits per heavy atom. The van der Waals surface area contributed by atoms with Crippen LogP contribution in [0.3, 0.4) is 0 Å². The van der Waals surface area contributed by atoms with Crippen LogP contribution in [0.2, 0.25) is 5.02 Å². The van der Waals surface area contributed by atoms with Crippen molar-refractivity contribution in [3.8, 4) is 0 Å². The number of hydrogen-bond donors (Lipinski definition) is 0. The first-order valence-corrected chi connectivity index (χ1v) is 9.71. The van der Waals surface area contributed by atoms with E-state index < -0.39 is 12.1 Å². The molecule has 2 aromatic rings. The zero-order valence-electron chi connectivity index (χ0n) is 14.4. The van der Waals surface area contributed by atoms with Crippen LogP contribution in [0.5, 0.6) is 0 Å². The number of amidine groups is 1. The first kappa shape index (κ1) is 17.3. The average Bonchev–Trinajstić information content (AvgIpc) is 2.99. The Morgan fingerprint density at radius 3 is 2.42 bits per heavy atom. The maximum absolute atomic E-state index is 13.4. The topological polar surface area (TPSA) is 49.7 Å². The molecule has 2 aromatic carbocycles. The van der Waals surface area contributed by atoms with Crippen LogP contribution in [0.1, 0.15) is 34.3 Å². The maximum Gasteiger partial charge on any atom is 0.239 e. The molecule has 1 fully saturated rings. The smallest absolute Gasteiger partial charge is 0.239 e. The quantitative estimate of drug-likeness (QED) is 0.777. The molecule has 2 heterocycles. The van der Waals surface area contributed by atoms with E-state index in [4.69, 9.17) is 11.6 Å². The number of ketones is 1. The van der Waals surface area contributed by atoms with Crippen molar-refractivity contribution in [1.82, 2.24) is 4.90 Å². The Balaban J connectivity index is 1.82. The van der Waals surface area contributed by atoms with E-state index in [1.807, 2.05) is 44.2 Å². The number of halogens is 1. The molecule has 2 aliphatic rings. The summed E-state index contributed by atoms with van der Waals surface area (Å²) in [4.78, 5) is 31.9. The lowest BCUT2D eigenvalue weighted by Crippen LogP contribution is -2.43. The van der Waals surface area contributed by atoms with Crippen LogP contribution < -0.4 is 0 Å². The molecule has 4 rings (SSSR count). The van der Waals surface area contributed by atoms with E-state index in [2.05, 4.69) is 4.99 Å². The van der Waals surface area contributed by atoms with Gasteiger partial charge in [-0.25, -0.2) is 4.99 Å². The van der Waals surface area contributed by atoms with Crippen LogP contribution in [0.25, 0.3) is 0 Å². The van der Waals surface area contributed by atoms with Gasteiger partial charge in [0.1, 0.15) is 12.1 Å². The highest BCUT2D eigenvalue weighted by atomic mass is 35.5. The molecule has 0 aliphatic carbocycles. The second-order valence-corrected chi connectivity index (χ2v) is 7.95. The first-order valence-electron chi connectivity index (χ1n) is 8.34. The van der Waals surface area contributed by atoms with Gasteiger partial charge in [-0.05, 0) is 48.2 Å². The van der Waals surface area contributed by atoms with Gasteiger partial charge in [0.15, 0.2) is 11.0 Å². The van der Waals surface area contributed by atoms with Gasteiger partial charge >= 0.3 is 0 Å².